The maximum Gasteiger partial charge on any atom is 0.515 e. The fourth-order valence-electron chi connectivity index (χ4n) is 3.57. The van der Waals surface area contributed by atoms with Gasteiger partial charge in [-0.3, -0.25) is 20.2 Å². The predicted molar refractivity (Wildman–Crippen MR) is 128 cm³/mol. The lowest BCUT2D eigenvalue weighted by atomic mass is 10.0. The zero-order chi connectivity index (χ0) is 25.8. The summed E-state index contributed by atoms with van der Waals surface area (Å²) in [4.78, 5) is 50.0. The van der Waals surface area contributed by atoms with Crippen LogP contribution in [0.2, 0.25) is 0 Å². The minimum absolute atomic E-state index is 0.0209. The van der Waals surface area contributed by atoms with Crippen LogP contribution >= 0.6 is 23.5 Å². The quantitative estimate of drug-likeness (QED) is 0.116. The molecule has 3 atom stereocenters. The van der Waals surface area contributed by atoms with Crippen LogP contribution in [-0.2, 0) is 25.5 Å². The van der Waals surface area contributed by atoms with Crippen molar-refractivity contribution < 1.29 is 33.8 Å². The van der Waals surface area contributed by atoms with Crippen LogP contribution in [0.5, 0.6) is 5.75 Å². The molecule has 1 fully saturated rings. The molecule has 0 radical (unpaired) electrons. The number of nitrogens with two attached hydrogens (primary N) is 1. The summed E-state index contributed by atoms with van der Waals surface area (Å²) in [5.74, 6) is -1.09. The monoisotopic (exact) mass is 534 g/mol. The fourth-order valence-corrected chi connectivity index (χ4v) is 5.84. The highest BCUT2D eigenvalue weighted by Gasteiger charge is 2.54. The number of fused-ring (bicyclic) bond motifs is 1. The van der Waals surface area contributed by atoms with E-state index in [1.165, 1.54) is 53.7 Å². The second-order valence-corrected chi connectivity index (χ2v) is 9.91. The van der Waals surface area contributed by atoms with Crippen LogP contribution in [0.1, 0.15) is 12.5 Å². The molecule has 2 aromatic rings. The summed E-state index contributed by atoms with van der Waals surface area (Å²) in [5.41, 5.74) is 6.53. The molecule has 1 aromatic carbocycles. The molecule has 1 aromatic heterocycles. The Morgan fingerprint density at radius 1 is 1.36 bits per heavy atom. The van der Waals surface area contributed by atoms with E-state index in [4.69, 9.17) is 15.2 Å². The average Bonchev–Trinajstić information content (AvgIpc) is 3.35. The number of hydrogen-bond acceptors (Lipinski definition) is 11. The lowest BCUT2D eigenvalue weighted by molar-refractivity contribution is -0.150. The van der Waals surface area contributed by atoms with E-state index in [1.807, 2.05) is 0 Å². The first-order chi connectivity index (χ1) is 17.2. The summed E-state index contributed by atoms with van der Waals surface area (Å²) in [6.45, 7) is 1.48. The van der Waals surface area contributed by atoms with Crippen LogP contribution < -0.4 is 15.8 Å². The Bertz CT molecular complexity index is 1190. The van der Waals surface area contributed by atoms with Crippen molar-refractivity contribution in [3.8, 4) is 5.75 Å². The van der Waals surface area contributed by atoms with Crippen molar-refractivity contribution in [2.75, 3.05) is 11.5 Å². The number of benzene rings is 1. The van der Waals surface area contributed by atoms with Gasteiger partial charge < -0.3 is 19.9 Å². The van der Waals surface area contributed by atoms with Gasteiger partial charge in [0.15, 0.2) is 6.23 Å². The molecule has 2 unspecified atom stereocenters. The lowest BCUT2D eigenvalue weighted by Gasteiger charge is -2.49. The second-order valence-electron chi connectivity index (χ2n) is 7.80. The zero-order valence-corrected chi connectivity index (χ0v) is 20.5. The first-order valence-electron chi connectivity index (χ1n) is 10.6. The van der Waals surface area contributed by atoms with Crippen molar-refractivity contribution in [1.82, 2.24) is 25.6 Å². The fraction of sp³-hybridized carbons (Fsp3) is 0.333. The third-order valence-electron chi connectivity index (χ3n) is 5.12. The normalized spacial score (nSPS) is 19.7. The standard InChI is InChI=1S/C21H22N6O7S2/c1-10(22)33-21(32)34-13-4-2-11(3-5-13)6-14(28)24-16-18(29)27-17(20(30)31)12(9-36-19(16)27)8-35-15-7-23-26-25-15/h2-5,7,10,16,19H,6,8-9,22H2,1H3,(H,24,28)(H,30,31)(H,23,25,26)/t10?,16?,19-/m0/s1. The largest absolute Gasteiger partial charge is 0.515 e. The summed E-state index contributed by atoms with van der Waals surface area (Å²) in [7, 11) is 0. The highest BCUT2D eigenvalue weighted by Crippen LogP contribution is 2.41. The van der Waals surface area contributed by atoms with E-state index in [0.29, 0.717) is 27.7 Å². The molecule has 0 saturated carbocycles. The van der Waals surface area contributed by atoms with E-state index in [2.05, 4.69) is 20.7 Å². The molecular weight excluding hydrogens is 512 g/mol. The van der Waals surface area contributed by atoms with Crippen LogP contribution in [0.4, 0.5) is 4.79 Å². The van der Waals surface area contributed by atoms with E-state index in [1.54, 1.807) is 12.1 Å². The molecule has 2 amide bonds. The topological polar surface area (TPSA) is 190 Å². The van der Waals surface area contributed by atoms with Crippen molar-refractivity contribution in [2.45, 2.75) is 36.0 Å². The number of carboxylic acid groups (broad SMARTS) is 1. The molecule has 0 aliphatic carbocycles. The number of carbonyl (C=O) groups excluding carboxylic acids is 3. The molecule has 4 rings (SSSR count). The van der Waals surface area contributed by atoms with Crippen LogP contribution in [-0.4, -0.2) is 78.5 Å². The van der Waals surface area contributed by atoms with Crippen LogP contribution in [0, 0.1) is 0 Å². The number of aliphatic carboxylic acids is 1. The van der Waals surface area contributed by atoms with Crippen LogP contribution in [0.3, 0.4) is 0 Å². The number of aromatic nitrogens is 3. The summed E-state index contributed by atoms with van der Waals surface area (Å²) >= 11 is 2.71. The highest BCUT2D eigenvalue weighted by atomic mass is 32.2. The van der Waals surface area contributed by atoms with E-state index in [-0.39, 0.29) is 17.9 Å². The average molecular weight is 535 g/mol. The van der Waals surface area contributed by atoms with Gasteiger partial charge in [-0.2, -0.15) is 10.3 Å². The molecule has 5 N–H and O–H groups in total. The van der Waals surface area contributed by atoms with Crippen molar-refractivity contribution in [3.05, 3.63) is 47.3 Å². The Kier molecular flexibility index (Phi) is 7.81. The molecular formula is C21H22N6O7S2. The van der Waals surface area contributed by atoms with Gasteiger partial charge >= 0.3 is 12.1 Å². The van der Waals surface area contributed by atoms with Crippen LogP contribution in [0.25, 0.3) is 0 Å². The molecule has 2 aliphatic heterocycles. The molecule has 3 heterocycles. The maximum absolute atomic E-state index is 12.8. The van der Waals surface area contributed by atoms with E-state index >= 15 is 0 Å². The Balaban J connectivity index is 1.33. The van der Waals surface area contributed by atoms with Gasteiger partial charge in [-0.15, -0.1) is 16.9 Å². The highest BCUT2D eigenvalue weighted by molar-refractivity contribution is 8.01. The first-order valence-corrected chi connectivity index (χ1v) is 12.7. The molecule has 36 heavy (non-hydrogen) atoms. The SMILES string of the molecule is CC(N)OC(=O)Oc1ccc(CC(=O)NC2C(=O)N3C(C(=O)O)=C(CSc4cn[nH]n4)CS[C@@H]23)cc1. The second kappa shape index (κ2) is 11.0. The van der Waals surface area contributed by atoms with Gasteiger partial charge in [0.25, 0.3) is 5.91 Å². The Morgan fingerprint density at radius 2 is 2.11 bits per heavy atom. The molecule has 15 heteroatoms. The first kappa shape index (κ1) is 25.5. The van der Waals surface area contributed by atoms with Crippen LogP contribution in [0.15, 0.2) is 46.8 Å². The Morgan fingerprint density at radius 3 is 2.75 bits per heavy atom. The van der Waals surface area contributed by atoms with E-state index < -0.39 is 41.6 Å². The van der Waals surface area contributed by atoms with Crippen molar-refractivity contribution in [2.24, 2.45) is 5.73 Å². The third-order valence-corrected chi connectivity index (χ3v) is 7.45. The zero-order valence-electron chi connectivity index (χ0n) is 18.9. The molecule has 0 bridgehead atoms. The number of rotatable bonds is 9. The number of nitrogens with one attached hydrogen (secondary N) is 2. The van der Waals surface area contributed by atoms with E-state index in [9.17, 15) is 24.3 Å². The van der Waals surface area contributed by atoms with Crippen molar-refractivity contribution >= 4 is 47.5 Å². The summed E-state index contributed by atoms with van der Waals surface area (Å²) < 4.78 is 9.66. The number of carboxylic acids is 1. The predicted octanol–water partition coefficient (Wildman–Crippen LogP) is 0.698. The Labute approximate surface area is 213 Å². The van der Waals surface area contributed by atoms with Gasteiger partial charge in [-0.05, 0) is 30.2 Å². The number of carbonyl (C=O) groups is 4. The third kappa shape index (κ3) is 5.80. The molecule has 2 aliphatic rings. The summed E-state index contributed by atoms with van der Waals surface area (Å²) in [6, 6.07) is 5.38. The van der Waals surface area contributed by atoms with Gasteiger partial charge in [-0.1, -0.05) is 23.9 Å². The molecule has 13 nitrogen and oxygen atoms in total. The number of ether oxygens (including phenoxy) is 2. The van der Waals surface area contributed by atoms with Gasteiger partial charge in [-0.25, -0.2) is 9.59 Å². The maximum atomic E-state index is 12.8. The van der Waals surface area contributed by atoms with Gasteiger partial charge in [0.2, 0.25) is 5.91 Å². The summed E-state index contributed by atoms with van der Waals surface area (Å²) in [5, 5.41) is 22.7. The number of H-pyrrole nitrogens is 1. The number of nitrogens with zero attached hydrogens (tertiary/aromatic N) is 3. The minimum Gasteiger partial charge on any atom is -0.477 e. The number of thioether (sulfide) groups is 2. The molecule has 0 spiro atoms. The minimum atomic E-state index is -1.19. The smallest absolute Gasteiger partial charge is 0.477 e. The number of aromatic amines is 1. The van der Waals surface area contributed by atoms with Crippen molar-refractivity contribution in [3.63, 3.8) is 0 Å². The Hall–Kier alpha value is -3.56. The lowest BCUT2D eigenvalue weighted by Crippen LogP contribution is -2.70. The van der Waals surface area contributed by atoms with Crippen molar-refractivity contribution in [1.29, 1.82) is 0 Å². The summed E-state index contributed by atoms with van der Waals surface area (Å²) in [6.07, 6.45) is -0.239. The number of β-lactam (4-membered cyclic amide) rings is 1. The molecule has 190 valence electrons. The number of amides is 2. The van der Waals surface area contributed by atoms with Gasteiger partial charge in [0.1, 0.15) is 27.9 Å². The van der Waals surface area contributed by atoms with Gasteiger partial charge in [0.05, 0.1) is 12.6 Å². The number of hydrogen-bond donors (Lipinski definition) is 4. The van der Waals surface area contributed by atoms with E-state index in [0.717, 1.165) is 0 Å². The molecule has 1 saturated heterocycles. The van der Waals surface area contributed by atoms with Gasteiger partial charge in [0, 0.05) is 11.5 Å².